The highest BCUT2D eigenvalue weighted by Crippen LogP contribution is 2.27. The molecule has 1 saturated carbocycles. The van der Waals surface area contributed by atoms with E-state index in [1.807, 2.05) is 4.90 Å². The van der Waals surface area contributed by atoms with Crippen LogP contribution in [0.1, 0.15) is 40.0 Å². The van der Waals surface area contributed by atoms with Crippen LogP contribution < -0.4 is 0 Å². The molecule has 6 heteroatoms. The first kappa shape index (κ1) is 15.4. The Morgan fingerprint density at radius 3 is 2.22 bits per heavy atom. The van der Waals surface area contributed by atoms with E-state index in [2.05, 4.69) is 0 Å². The molecule has 106 valence electrons. The summed E-state index contributed by atoms with van der Waals surface area (Å²) in [6, 6.07) is 0.388. The first-order chi connectivity index (χ1) is 8.13. The van der Waals surface area contributed by atoms with Gasteiger partial charge in [-0.05, 0) is 33.6 Å². The zero-order valence-electron chi connectivity index (χ0n) is 11.3. The lowest BCUT2D eigenvalue weighted by Gasteiger charge is -2.24. The summed E-state index contributed by atoms with van der Waals surface area (Å²) in [5, 5.41) is 8.68. The second kappa shape index (κ2) is 5.57. The highest BCUT2D eigenvalue weighted by atomic mass is 32.2. The van der Waals surface area contributed by atoms with E-state index in [-0.39, 0.29) is 12.2 Å². The fourth-order valence-corrected chi connectivity index (χ4v) is 2.79. The van der Waals surface area contributed by atoms with Crippen LogP contribution in [0.2, 0.25) is 0 Å². The van der Waals surface area contributed by atoms with Gasteiger partial charge < -0.3 is 5.11 Å². The second-order valence-electron chi connectivity index (χ2n) is 5.84. The van der Waals surface area contributed by atoms with Gasteiger partial charge in [-0.25, -0.2) is 8.42 Å². The molecule has 0 atom stereocenters. The topological polar surface area (TPSA) is 74.7 Å². The Labute approximate surface area is 109 Å². The Morgan fingerprint density at radius 2 is 1.83 bits per heavy atom. The van der Waals surface area contributed by atoms with Gasteiger partial charge in [0, 0.05) is 19.1 Å². The predicted octanol–water partition coefficient (Wildman–Crippen LogP) is 1.14. The van der Waals surface area contributed by atoms with Crippen LogP contribution in [0.5, 0.6) is 0 Å². The van der Waals surface area contributed by atoms with E-state index < -0.39 is 20.6 Å². The van der Waals surface area contributed by atoms with Crippen LogP contribution in [0.4, 0.5) is 0 Å². The second-order valence-corrected chi connectivity index (χ2v) is 8.70. The molecule has 1 fully saturated rings. The summed E-state index contributed by atoms with van der Waals surface area (Å²) in [5.41, 5.74) is 0. The van der Waals surface area contributed by atoms with Crippen molar-refractivity contribution in [3.8, 4) is 0 Å². The van der Waals surface area contributed by atoms with Gasteiger partial charge in [0.2, 0.25) is 0 Å². The third-order valence-corrected chi connectivity index (χ3v) is 5.84. The molecule has 18 heavy (non-hydrogen) atoms. The molecule has 5 nitrogen and oxygen atoms in total. The molecule has 0 aromatic rings. The Hall–Kier alpha value is -0.620. The molecule has 1 N–H and O–H groups in total. The fourth-order valence-electron chi connectivity index (χ4n) is 1.70. The van der Waals surface area contributed by atoms with E-state index in [0.717, 1.165) is 12.8 Å². The molecule has 0 unspecified atom stereocenters. The minimum absolute atomic E-state index is 0.0755. The molecule has 1 rings (SSSR count). The van der Waals surface area contributed by atoms with Gasteiger partial charge in [-0.3, -0.25) is 9.69 Å². The number of carboxylic acids is 1. The van der Waals surface area contributed by atoms with E-state index in [9.17, 15) is 13.2 Å². The lowest BCUT2D eigenvalue weighted by molar-refractivity contribution is -0.137. The standard InChI is InChI=1S/C12H23NO4S/c1-12(2,3)18(16,17)9-8-13(10-4-5-10)7-6-11(14)15/h10H,4-9H2,1-3H3,(H,14,15). The zero-order valence-corrected chi connectivity index (χ0v) is 12.2. The molecule has 0 saturated heterocycles. The van der Waals surface area contributed by atoms with Gasteiger partial charge in [0.15, 0.2) is 9.84 Å². The van der Waals surface area contributed by atoms with Gasteiger partial charge in [-0.2, -0.15) is 0 Å². The zero-order chi connectivity index (χ0) is 14.0. The van der Waals surface area contributed by atoms with Crippen LogP contribution >= 0.6 is 0 Å². The maximum absolute atomic E-state index is 12.0. The number of hydrogen-bond acceptors (Lipinski definition) is 4. The fraction of sp³-hybridized carbons (Fsp3) is 0.917. The first-order valence-corrected chi connectivity index (χ1v) is 7.97. The van der Waals surface area contributed by atoms with Crippen molar-refractivity contribution in [2.75, 3.05) is 18.8 Å². The smallest absolute Gasteiger partial charge is 0.304 e. The van der Waals surface area contributed by atoms with Crippen molar-refractivity contribution in [3.63, 3.8) is 0 Å². The molecular weight excluding hydrogens is 254 g/mol. The van der Waals surface area contributed by atoms with Gasteiger partial charge in [0.1, 0.15) is 0 Å². The number of carbonyl (C=O) groups is 1. The van der Waals surface area contributed by atoms with Crippen molar-refractivity contribution < 1.29 is 18.3 Å². The third kappa shape index (κ3) is 4.57. The molecule has 0 aromatic heterocycles. The summed E-state index contributed by atoms with van der Waals surface area (Å²) < 4.78 is 23.2. The van der Waals surface area contributed by atoms with E-state index >= 15 is 0 Å². The molecule has 0 amide bonds. The maximum atomic E-state index is 12.0. The van der Waals surface area contributed by atoms with Crippen LogP contribution in [0, 0.1) is 0 Å². The molecule has 0 aromatic carbocycles. The van der Waals surface area contributed by atoms with E-state index in [4.69, 9.17) is 5.11 Å². The SMILES string of the molecule is CC(C)(C)S(=O)(=O)CCN(CCC(=O)O)C1CC1. The monoisotopic (exact) mass is 277 g/mol. The average Bonchev–Trinajstić information content (AvgIpc) is 2.99. The summed E-state index contributed by atoms with van der Waals surface area (Å²) >= 11 is 0. The number of rotatable bonds is 7. The number of hydrogen-bond donors (Lipinski definition) is 1. The minimum Gasteiger partial charge on any atom is -0.481 e. The van der Waals surface area contributed by atoms with Gasteiger partial charge >= 0.3 is 5.97 Å². The van der Waals surface area contributed by atoms with E-state index in [0.29, 0.717) is 19.1 Å². The molecule has 0 radical (unpaired) electrons. The molecule has 0 bridgehead atoms. The predicted molar refractivity (Wildman–Crippen MR) is 70.4 cm³/mol. The molecule has 1 aliphatic rings. The summed E-state index contributed by atoms with van der Waals surface area (Å²) in [4.78, 5) is 12.6. The Kier molecular flexibility index (Phi) is 4.78. The van der Waals surface area contributed by atoms with Crippen LogP contribution in [0.15, 0.2) is 0 Å². The highest BCUT2D eigenvalue weighted by Gasteiger charge is 2.33. The number of nitrogens with zero attached hydrogens (tertiary/aromatic N) is 1. The van der Waals surface area contributed by atoms with Crippen molar-refractivity contribution in [2.24, 2.45) is 0 Å². The number of sulfone groups is 1. The van der Waals surface area contributed by atoms with Crippen molar-refractivity contribution in [1.82, 2.24) is 4.90 Å². The van der Waals surface area contributed by atoms with Crippen molar-refractivity contribution in [2.45, 2.75) is 50.8 Å². The maximum Gasteiger partial charge on any atom is 0.304 e. The Morgan fingerprint density at radius 1 is 1.28 bits per heavy atom. The molecule has 0 spiro atoms. The summed E-state index contributed by atoms with van der Waals surface area (Å²) in [7, 11) is -3.13. The molecule has 0 heterocycles. The van der Waals surface area contributed by atoms with Gasteiger partial charge in [0.05, 0.1) is 16.9 Å². The number of aliphatic carboxylic acids is 1. The summed E-state index contributed by atoms with van der Waals surface area (Å²) in [6.45, 7) is 5.97. The molecule has 1 aliphatic carbocycles. The van der Waals surface area contributed by atoms with Crippen LogP contribution in [0.25, 0.3) is 0 Å². The Balaban J connectivity index is 2.50. The number of carboxylic acid groups (broad SMARTS) is 1. The molecule has 0 aliphatic heterocycles. The van der Waals surface area contributed by atoms with Crippen molar-refractivity contribution in [1.29, 1.82) is 0 Å². The minimum atomic E-state index is -3.13. The van der Waals surface area contributed by atoms with Crippen molar-refractivity contribution in [3.05, 3.63) is 0 Å². The van der Waals surface area contributed by atoms with Gasteiger partial charge in [-0.1, -0.05) is 0 Å². The van der Waals surface area contributed by atoms with Crippen LogP contribution in [-0.4, -0.2) is 54.0 Å². The van der Waals surface area contributed by atoms with E-state index in [1.165, 1.54) is 0 Å². The molecular formula is C12H23NO4S. The van der Waals surface area contributed by atoms with Crippen LogP contribution in [-0.2, 0) is 14.6 Å². The van der Waals surface area contributed by atoms with Gasteiger partial charge in [-0.15, -0.1) is 0 Å². The normalized spacial score (nSPS) is 17.1. The summed E-state index contributed by atoms with van der Waals surface area (Å²) in [6.07, 6.45) is 2.18. The first-order valence-electron chi connectivity index (χ1n) is 6.31. The lowest BCUT2D eigenvalue weighted by atomic mass is 10.3. The average molecular weight is 277 g/mol. The van der Waals surface area contributed by atoms with Crippen LogP contribution in [0.3, 0.4) is 0 Å². The van der Waals surface area contributed by atoms with E-state index in [1.54, 1.807) is 20.8 Å². The quantitative estimate of drug-likeness (QED) is 0.755. The highest BCUT2D eigenvalue weighted by molar-refractivity contribution is 7.92. The Bertz CT molecular complexity index is 393. The third-order valence-electron chi connectivity index (χ3n) is 3.26. The summed E-state index contributed by atoms with van der Waals surface area (Å²) in [5.74, 6) is -0.730. The lowest BCUT2D eigenvalue weighted by Crippen LogP contribution is -2.38. The van der Waals surface area contributed by atoms with Crippen molar-refractivity contribution >= 4 is 15.8 Å². The largest absolute Gasteiger partial charge is 0.481 e. The van der Waals surface area contributed by atoms with Gasteiger partial charge in [0.25, 0.3) is 0 Å².